The number of nitrogens with two attached hydrogens (primary N) is 1. The molecule has 1 spiro atoms. The normalized spacial score (nSPS) is 20.4. The molecule has 0 radical (unpaired) electrons. The Labute approximate surface area is 179 Å². The van der Waals surface area contributed by atoms with Crippen molar-refractivity contribution in [1.82, 2.24) is 10.3 Å². The average Bonchev–Trinajstić information content (AvgIpc) is 3.23. The number of fused-ring (bicyclic) bond motifs is 3. The molecule has 5 rings (SSSR count). The largest absolute Gasteiger partial charge is 0.385 e. The van der Waals surface area contributed by atoms with E-state index in [-0.39, 0.29) is 5.60 Å². The Kier molecular flexibility index (Phi) is 4.42. The zero-order chi connectivity index (χ0) is 20.3. The molecule has 0 atom stereocenters. The summed E-state index contributed by atoms with van der Waals surface area (Å²) in [5.74, 6) is 0.501. The van der Waals surface area contributed by atoms with E-state index >= 15 is 0 Å². The number of allylic oxidation sites excluding steroid dienone is 1. The molecule has 29 heavy (non-hydrogen) atoms. The molecule has 0 amide bonds. The minimum atomic E-state index is -0.0409. The van der Waals surface area contributed by atoms with Gasteiger partial charge in [0.1, 0.15) is 10.8 Å². The lowest BCUT2D eigenvalue weighted by Crippen LogP contribution is -2.33. The fraction of sp³-hybridized carbons (Fsp3) is 0.364. The van der Waals surface area contributed by atoms with Gasteiger partial charge in [-0.15, -0.1) is 0 Å². The Balaban J connectivity index is 1.40. The van der Waals surface area contributed by atoms with E-state index in [1.807, 2.05) is 13.8 Å². The first-order valence-electron chi connectivity index (χ1n) is 9.84. The van der Waals surface area contributed by atoms with Crippen molar-refractivity contribution in [3.8, 4) is 0 Å². The molecule has 1 fully saturated rings. The van der Waals surface area contributed by atoms with Crippen molar-refractivity contribution in [3.05, 3.63) is 67.5 Å². The van der Waals surface area contributed by atoms with Crippen LogP contribution in [0.5, 0.6) is 0 Å². The smallest absolute Gasteiger partial charge is 0.113 e. The molecular formula is C22H23ClN4OS. The van der Waals surface area contributed by atoms with Crippen LogP contribution in [0.25, 0.3) is 0 Å². The number of rotatable bonds is 3. The predicted molar refractivity (Wildman–Crippen MR) is 116 cm³/mol. The second kappa shape index (κ2) is 6.76. The van der Waals surface area contributed by atoms with Gasteiger partial charge in [-0.1, -0.05) is 41.6 Å². The summed E-state index contributed by atoms with van der Waals surface area (Å²) in [6, 6.07) is 6.43. The summed E-state index contributed by atoms with van der Waals surface area (Å²) in [5.41, 5.74) is 13.0. The van der Waals surface area contributed by atoms with Gasteiger partial charge in [-0.25, -0.2) is 4.98 Å². The van der Waals surface area contributed by atoms with Gasteiger partial charge in [-0.05, 0) is 55.4 Å². The van der Waals surface area contributed by atoms with Gasteiger partial charge in [0, 0.05) is 12.1 Å². The lowest BCUT2D eigenvalue weighted by atomic mass is 9.74. The van der Waals surface area contributed by atoms with Crippen LogP contribution in [0.2, 0.25) is 5.02 Å². The van der Waals surface area contributed by atoms with E-state index in [0.29, 0.717) is 34.6 Å². The third-order valence-corrected chi connectivity index (χ3v) is 7.99. The summed E-state index contributed by atoms with van der Waals surface area (Å²) in [7, 11) is 0. The van der Waals surface area contributed by atoms with Crippen molar-refractivity contribution in [2.45, 2.75) is 56.9 Å². The van der Waals surface area contributed by atoms with Crippen molar-refractivity contribution in [1.29, 1.82) is 5.41 Å². The molecule has 150 valence electrons. The highest BCUT2D eigenvalue weighted by Gasteiger charge is 2.45. The van der Waals surface area contributed by atoms with Crippen molar-refractivity contribution < 1.29 is 4.74 Å². The number of nitrogens with zero attached hydrogens (tertiary/aromatic N) is 1. The summed E-state index contributed by atoms with van der Waals surface area (Å²) < 4.78 is 6.16. The van der Waals surface area contributed by atoms with Crippen LogP contribution in [0.4, 0.5) is 0 Å². The van der Waals surface area contributed by atoms with Crippen molar-refractivity contribution >= 4 is 29.1 Å². The molecule has 0 unspecified atom stereocenters. The maximum atomic E-state index is 8.60. The van der Waals surface area contributed by atoms with Crippen LogP contribution in [0.15, 0.2) is 34.0 Å². The number of hydrogen-bond acceptors (Lipinski definition) is 6. The standard InChI is InChI=1S/C22H23ClN4OS/c1-11-16-18(24)19(29-21(16)27-12(2)17(11)23)20(25)26-9-13-5-3-6-15-14(13)10-28-22(15)7-4-8-22/h3,5-6,24,26H,4,7-10,25H2,1-2H3/b20-19-,24-18?. The minimum absolute atomic E-state index is 0.0409. The number of aromatic nitrogens is 1. The first-order valence-corrected chi connectivity index (χ1v) is 11.0. The molecule has 1 aromatic heterocycles. The van der Waals surface area contributed by atoms with Crippen LogP contribution < -0.4 is 11.1 Å². The third kappa shape index (κ3) is 2.80. The van der Waals surface area contributed by atoms with Crippen molar-refractivity contribution in [2.24, 2.45) is 5.73 Å². The van der Waals surface area contributed by atoms with E-state index in [0.717, 1.165) is 34.7 Å². The Hall–Kier alpha value is -2.02. The van der Waals surface area contributed by atoms with Gasteiger partial charge in [-0.2, -0.15) is 0 Å². The van der Waals surface area contributed by atoms with Gasteiger partial charge >= 0.3 is 0 Å². The molecule has 7 heteroatoms. The molecule has 2 aliphatic heterocycles. The van der Waals surface area contributed by atoms with Gasteiger partial charge < -0.3 is 15.8 Å². The van der Waals surface area contributed by atoms with E-state index in [1.54, 1.807) is 0 Å². The minimum Gasteiger partial charge on any atom is -0.385 e. The summed E-state index contributed by atoms with van der Waals surface area (Å²) >= 11 is 7.78. The number of halogens is 1. The van der Waals surface area contributed by atoms with E-state index in [2.05, 4.69) is 28.5 Å². The van der Waals surface area contributed by atoms with Gasteiger partial charge in [0.05, 0.1) is 33.5 Å². The van der Waals surface area contributed by atoms with E-state index in [4.69, 9.17) is 27.5 Å². The maximum absolute atomic E-state index is 8.60. The zero-order valence-corrected chi connectivity index (χ0v) is 18.1. The molecule has 1 aromatic carbocycles. The fourth-order valence-electron chi connectivity index (χ4n) is 4.49. The Morgan fingerprint density at radius 1 is 1.38 bits per heavy atom. The molecule has 4 N–H and O–H groups in total. The number of thioether (sulfide) groups is 1. The van der Waals surface area contributed by atoms with Crippen LogP contribution in [-0.4, -0.2) is 10.7 Å². The average molecular weight is 427 g/mol. The molecule has 0 saturated heterocycles. The highest BCUT2D eigenvalue weighted by atomic mass is 35.5. The molecule has 1 saturated carbocycles. The second-order valence-electron chi connectivity index (χ2n) is 7.97. The Morgan fingerprint density at radius 3 is 2.90 bits per heavy atom. The van der Waals surface area contributed by atoms with E-state index in [1.165, 1.54) is 34.9 Å². The number of pyridine rings is 1. The predicted octanol–water partition coefficient (Wildman–Crippen LogP) is 4.65. The number of benzene rings is 1. The van der Waals surface area contributed by atoms with Crippen LogP contribution in [-0.2, 0) is 23.5 Å². The van der Waals surface area contributed by atoms with Crippen LogP contribution >= 0.6 is 23.4 Å². The lowest BCUT2D eigenvalue weighted by Gasteiger charge is -2.38. The summed E-state index contributed by atoms with van der Waals surface area (Å²) in [5, 5.41) is 13.3. The van der Waals surface area contributed by atoms with Crippen molar-refractivity contribution in [3.63, 3.8) is 0 Å². The first-order chi connectivity index (χ1) is 13.9. The summed E-state index contributed by atoms with van der Waals surface area (Å²) in [4.78, 5) is 5.26. The quantitative estimate of drug-likeness (QED) is 0.665. The van der Waals surface area contributed by atoms with E-state index in [9.17, 15) is 0 Å². The topological polar surface area (TPSA) is 84.0 Å². The highest BCUT2D eigenvalue weighted by Crippen LogP contribution is 2.51. The van der Waals surface area contributed by atoms with Crippen LogP contribution in [0.1, 0.15) is 52.8 Å². The summed E-state index contributed by atoms with van der Waals surface area (Å²) in [6.45, 7) is 5.09. The van der Waals surface area contributed by atoms with Gasteiger partial charge in [0.15, 0.2) is 0 Å². The molecule has 2 aromatic rings. The monoisotopic (exact) mass is 426 g/mol. The molecule has 3 aliphatic rings. The second-order valence-corrected chi connectivity index (χ2v) is 9.35. The Morgan fingerprint density at radius 2 is 2.17 bits per heavy atom. The molecule has 0 bridgehead atoms. The van der Waals surface area contributed by atoms with Crippen LogP contribution in [0, 0.1) is 19.3 Å². The number of aryl methyl sites for hydroxylation is 1. The fourth-order valence-corrected chi connectivity index (χ4v) is 5.74. The number of hydrogen-bond donors (Lipinski definition) is 3. The number of ether oxygens (including phenoxy) is 1. The third-order valence-electron chi connectivity index (χ3n) is 6.31. The first kappa shape index (κ1) is 19.0. The molecule has 3 heterocycles. The highest BCUT2D eigenvalue weighted by molar-refractivity contribution is 8.04. The van der Waals surface area contributed by atoms with Crippen LogP contribution in [0.3, 0.4) is 0 Å². The molecule has 1 aliphatic carbocycles. The van der Waals surface area contributed by atoms with Crippen molar-refractivity contribution in [2.75, 3.05) is 0 Å². The molecular weight excluding hydrogens is 404 g/mol. The Bertz CT molecular complexity index is 1090. The van der Waals surface area contributed by atoms with E-state index < -0.39 is 0 Å². The SMILES string of the molecule is Cc1nc2c(c(C)c1Cl)C(=N)/C(=C(\N)NCc1cccc3c1COC31CCC1)S2. The molecule has 5 nitrogen and oxygen atoms in total. The zero-order valence-electron chi connectivity index (χ0n) is 16.5. The summed E-state index contributed by atoms with van der Waals surface area (Å²) in [6.07, 6.45) is 3.46. The van der Waals surface area contributed by atoms with Gasteiger partial charge in [0.2, 0.25) is 0 Å². The maximum Gasteiger partial charge on any atom is 0.113 e. The lowest BCUT2D eigenvalue weighted by molar-refractivity contribution is -0.0944. The van der Waals surface area contributed by atoms with Gasteiger partial charge in [0.25, 0.3) is 0 Å². The van der Waals surface area contributed by atoms with Gasteiger partial charge in [-0.3, -0.25) is 5.41 Å². The number of nitrogens with one attached hydrogen (secondary N) is 2.